The van der Waals surface area contributed by atoms with E-state index in [1.165, 1.54) is 7.11 Å². The molecule has 0 saturated heterocycles. The largest absolute Gasteiger partial charge is 0.496 e. The molecule has 0 unspecified atom stereocenters. The summed E-state index contributed by atoms with van der Waals surface area (Å²) in [6.45, 7) is 0. The van der Waals surface area contributed by atoms with Gasteiger partial charge in [-0.1, -0.05) is 24.3 Å². The van der Waals surface area contributed by atoms with Crippen molar-refractivity contribution in [2.24, 2.45) is 0 Å². The highest BCUT2D eigenvalue weighted by atomic mass is 32.1. The van der Waals surface area contributed by atoms with Gasteiger partial charge in [0.1, 0.15) is 5.75 Å². The van der Waals surface area contributed by atoms with Crippen molar-refractivity contribution in [3.8, 4) is 5.75 Å². The Kier molecular flexibility index (Phi) is 3.16. The van der Waals surface area contributed by atoms with Gasteiger partial charge in [0.15, 0.2) is 5.78 Å². The number of fused-ring (bicyclic) bond motifs is 1. The summed E-state index contributed by atoms with van der Waals surface area (Å²) in [4.78, 5) is 12.8. The summed E-state index contributed by atoms with van der Waals surface area (Å²) >= 11 is 1.55. The fraction of sp³-hybridized carbons (Fsp3) is 0.0625. The SMILES string of the molecule is COc1cccc(N)c1C(=O)c1csc2ccccc12. The van der Waals surface area contributed by atoms with Crippen molar-refractivity contribution < 1.29 is 9.53 Å². The van der Waals surface area contributed by atoms with Crippen molar-refractivity contribution in [2.75, 3.05) is 12.8 Å². The maximum atomic E-state index is 12.8. The fourth-order valence-electron chi connectivity index (χ4n) is 2.25. The molecule has 20 heavy (non-hydrogen) atoms. The minimum absolute atomic E-state index is 0.0996. The smallest absolute Gasteiger partial charge is 0.200 e. The Labute approximate surface area is 120 Å². The molecule has 1 aromatic heterocycles. The lowest BCUT2D eigenvalue weighted by atomic mass is 10.0. The predicted octanol–water partition coefficient (Wildman–Crippen LogP) is 3.72. The molecule has 2 aromatic carbocycles. The minimum Gasteiger partial charge on any atom is -0.496 e. The number of hydrogen-bond donors (Lipinski definition) is 1. The minimum atomic E-state index is -0.0996. The van der Waals surface area contributed by atoms with Gasteiger partial charge < -0.3 is 10.5 Å². The second kappa shape index (κ2) is 4.98. The van der Waals surface area contributed by atoms with Gasteiger partial charge in [0.2, 0.25) is 0 Å². The molecule has 0 spiro atoms. The van der Waals surface area contributed by atoms with E-state index in [0.29, 0.717) is 22.6 Å². The van der Waals surface area contributed by atoms with E-state index in [9.17, 15) is 4.79 Å². The van der Waals surface area contributed by atoms with Crippen LogP contribution in [0.3, 0.4) is 0 Å². The van der Waals surface area contributed by atoms with Gasteiger partial charge >= 0.3 is 0 Å². The topological polar surface area (TPSA) is 52.3 Å². The summed E-state index contributed by atoms with van der Waals surface area (Å²) in [5.41, 5.74) is 7.48. The van der Waals surface area contributed by atoms with Gasteiger partial charge in [-0.2, -0.15) is 0 Å². The van der Waals surface area contributed by atoms with Crippen molar-refractivity contribution in [3.05, 3.63) is 59.0 Å². The fourth-order valence-corrected chi connectivity index (χ4v) is 3.19. The standard InChI is InChI=1S/C16H13NO2S/c1-19-13-7-4-6-12(17)15(13)16(18)11-9-20-14-8-3-2-5-10(11)14/h2-9H,17H2,1H3. The number of rotatable bonds is 3. The number of benzene rings is 2. The van der Waals surface area contributed by atoms with E-state index >= 15 is 0 Å². The zero-order valence-corrected chi connectivity index (χ0v) is 11.7. The van der Waals surface area contributed by atoms with Gasteiger partial charge in [-0.25, -0.2) is 0 Å². The number of methoxy groups -OCH3 is 1. The number of anilines is 1. The normalized spacial score (nSPS) is 10.7. The van der Waals surface area contributed by atoms with E-state index in [4.69, 9.17) is 10.5 Å². The van der Waals surface area contributed by atoms with Crippen LogP contribution in [0.1, 0.15) is 15.9 Å². The summed E-state index contributed by atoms with van der Waals surface area (Å²) in [5.74, 6) is 0.405. The molecule has 3 nitrogen and oxygen atoms in total. The molecule has 0 aliphatic heterocycles. The molecule has 0 aliphatic carbocycles. The van der Waals surface area contributed by atoms with Gasteiger partial charge in [0.25, 0.3) is 0 Å². The zero-order valence-electron chi connectivity index (χ0n) is 10.9. The molecular weight excluding hydrogens is 270 g/mol. The number of nitrogen functional groups attached to an aromatic ring is 1. The van der Waals surface area contributed by atoms with Crippen LogP contribution in [-0.4, -0.2) is 12.9 Å². The Morgan fingerprint density at radius 2 is 1.95 bits per heavy atom. The first-order chi connectivity index (χ1) is 9.72. The molecule has 3 rings (SSSR count). The molecule has 1 heterocycles. The van der Waals surface area contributed by atoms with E-state index in [2.05, 4.69) is 0 Å². The molecule has 0 bridgehead atoms. The molecule has 100 valence electrons. The monoisotopic (exact) mass is 283 g/mol. The third kappa shape index (κ3) is 1.94. The molecule has 0 aliphatic rings. The van der Waals surface area contributed by atoms with Crippen molar-refractivity contribution in [2.45, 2.75) is 0 Å². The highest BCUT2D eigenvalue weighted by Gasteiger charge is 2.20. The van der Waals surface area contributed by atoms with Crippen LogP contribution in [0.4, 0.5) is 5.69 Å². The lowest BCUT2D eigenvalue weighted by Crippen LogP contribution is -2.07. The number of nitrogens with two attached hydrogens (primary N) is 1. The quantitative estimate of drug-likeness (QED) is 0.588. The maximum absolute atomic E-state index is 12.8. The van der Waals surface area contributed by atoms with Crippen LogP contribution in [0, 0.1) is 0 Å². The van der Waals surface area contributed by atoms with E-state index in [0.717, 1.165) is 10.1 Å². The molecule has 0 radical (unpaired) electrons. The summed E-state index contributed by atoms with van der Waals surface area (Å²) in [7, 11) is 1.54. The number of carbonyl (C=O) groups excluding carboxylic acids is 1. The molecule has 0 amide bonds. The first-order valence-electron chi connectivity index (χ1n) is 6.16. The van der Waals surface area contributed by atoms with Crippen LogP contribution < -0.4 is 10.5 Å². The first-order valence-corrected chi connectivity index (χ1v) is 7.03. The number of thiophene rings is 1. The average Bonchev–Trinajstić information content (AvgIpc) is 2.90. The van der Waals surface area contributed by atoms with Crippen molar-refractivity contribution in [1.29, 1.82) is 0 Å². The lowest BCUT2D eigenvalue weighted by Gasteiger charge is -2.09. The molecule has 4 heteroatoms. The average molecular weight is 283 g/mol. The Morgan fingerprint density at radius 1 is 1.15 bits per heavy atom. The Bertz CT molecular complexity index is 792. The molecule has 0 fully saturated rings. The van der Waals surface area contributed by atoms with Crippen LogP contribution in [-0.2, 0) is 0 Å². The van der Waals surface area contributed by atoms with Crippen LogP contribution in [0.15, 0.2) is 47.8 Å². The summed E-state index contributed by atoms with van der Waals surface area (Å²) in [5, 5.41) is 2.83. The third-order valence-corrected chi connectivity index (χ3v) is 4.19. The number of hydrogen-bond acceptors (Lipinski definition) is 4. The number of carbonyl (C=O) groups is 1. The van der Waals surface area contributed by atoms with E-state index < -0.39 is 0 Å². The van der Waals surface area contributed by atoms with Gasteiger partial charge in [-0.3, -0.25) is 4.79 Å². The van der Waals surface area contributed by atoms with Gasteiger partial charge in [0.05, 0.1) is 12.7 Å². The number of ketones is 1. The Morgan fingerprint density at radius 3 is 2.75 bits per heavy atom. The Hall–Kier alpha value is -2.33. The molecule has 2 N–H and O–H groups in total. The molecular formula is C16H13NO2S. The van der Waals surface area contributed by atoms with E-state index in [1.54, 1.807) is 29.5 Å². The van der Waals surface area contributed by atoms with Crippen LogP contribution >= 0.6 is 11.3 Å². The molecule has 0 atom stereocenters. The molecule has 3 aromatic rings. The lowest BCUT2D eigenvalue weighted by molar-refractivity contribution is 0.103. The van der Waals surface area contributed by atoms with Crippen LogP contribution in [0.25, 0.3) is 10.1 Å². The van der Waals surface area contributed by atoms with E-state index in [1.807, 2.05) is 29.6 Å². The first kappa shape index (κ1) is 12.7. The summed E-state index contributed by atoms with van der Waals surface area (Å²) in [6.07, 6.45) is 0. The van der Waals surface area contributed by atoms with Crippen molar-refractivity contribution >= 4 is 32.9 Å². The van der Waals surface area contributed by atoms with Crippen molar-refractivity contribution in [1.82, 2.24) is 0 Å². The highest BCUT2D eigenvalue weighted by molar-refractivity contribution is 7.17. The van der Waals surface area contributed by atoms with Gasteiger partial charge in [0, 0.05) is 26.7 Å². The molecule has 0 saturated carbocycles. The van der Waals surface area contributed by atoms with Gasteiger partial charge in [-0.05, 0) is 18.2 Å². The summed E-state index contributed by atoms with van der Waals surface area (Å²) < 4.78 is 6.35. The Balaban J connectivity index is 2.19. The highest BCUT2D eigenvalue weighted by Crippen LogP contribution is 2.32. The number of ether oxygens (including phenoxy) is 1. The second-order valence-electron chi connectivity index (χ2n) is 4.40. The van der Waals surface area contributed by atoms with E-state index in [-0.39, 0.29) is 5.78 Å². The third-order valence-electron chi connectivity index (χ3n) is 3.23. The summed E-state index contributed by atoms with van der Waals surface area (Å²) in [6, 6.07) is 13.1. The predicted molar refractivity (Wildman–Crippen MR) is 82.7 cm³/mol. The van der Waals surface area contributed by atoms with Crippen LogP contribution in [0.2, 0.25) is 0 Å². The van der Waals surface area contributed by atoms with Crippen LogP contribution in [0.5, 0.6) is 5.75 Å². The maximum Gasteiger partial charge on any atom is 0.200 e. The van der Waals surface area contributed by atoms with Gasteiger partial charge in [-0.15, -0.1) is 11.3 Å². The second-order valence-corrected chi connectivity index (χ2v) is 5.31. The van der Waals surface area contributed by atoms with Crippen molar-refractivity contribution in [3.63, 3.8) is 0 Å². The zero-order chi connectivity index (χ0) is 14.1.